The number of H-pyrrole nitrogens is 1. The molecular formula is C24H28ClN3O. The Morgan fingerprint density at radius 1 is 1.07 bits per heavy atom. The molecule has 0 unspecified atom stereocenters. The van der Waals surface area contributed by atoms with Crippen molar-refractivity contribution in [1.82, 2.24) is 14.9 Å². The van der Waals surface area contributed by atoms with Crippen LogP contribution in [0.5, 0.6) is 5.75 Å². The van der Waals surface area contributed by atoms with Gasteiger partial charge in [0, 0.05) is 24.7 Å². The minimum absolute atomic E-state index is 0. The summed E-state index contributed by atoms with van der Waals surface area (Å²) in [5.74, 6) is 2.79. The van der Waals surface area contributed by atoms with Crippen LogP contribution in [0.2, 0.25) is 0 Å². The Hall–Kier alpha value is -2.30. The SMILES string of the molecule is Cl.c1ccc(CC2CCN(Cc3c[nH]c(-c4ccc5c(c4)CCO5)n3)CC2)cc1. The minimum atomic E-state index is 0. The standard InChI is InChI=1S/C24H27N3O.ClH/c1-2-4-18(5-3-1)14-19-8-11-27(12-9-19)17-22-16-25-24(26-22)21-6-7-23-20(15-21)10-13-28-23;/h1-7,15-16,19H,8-14,17H2,(H,25,26);1H. The quantitative estimate of drug-likeness (QED) is 0.652. The van der Waals surface area contributed by atoms with E-state index in [1.165, 1.54) is 30.4 Å². The highest BCUT2D eigenvalue weighted by Gasteiger charge is 2.20. The lowest BCUT2D eigenvalue weighted by Gasteiger charge is -2.31. The molecule has 0 aliphatic carbocycles. The minimum Gasteiger partial charge on any atom is -0.493 e. The molecule has 0 amide bonds. The highest BCUT2D eigenvalue weighted by molar-refractivity contribution is 5.85. The number of hydrogen-bond acceptors (Lipinski definition) is 3. The predicted octanol–water partition coefficient (Wildman–Crippen LogP) is 4.89. The molecule has 2 aliphatic heterocycles. The summed E-state index contributed by atoms with van der Waals surface area (Å²) in [5, 5.41) is 0. The predicted molar refractivity (Wildman–Crippen MR) is 119 cm³/mol. The second-order valence-electron chi connectivity index (χ2n) is 8.07. The first-order valence-electron chi connectivity index (χ1n) is 10.4. The van der Waals surface area contributed by atoms with E-state index in [0.717, 1.165) is 61.4 Å². The van der Waals surface area contributed by atoms with Crippen LogP contribution in [0.25, 0.3) is 11.4 Å². The van der Waals surface area contributed by atoms with Gasteiger partial charge in [-0.25, -0.2) is 4.98 Å². The van der Waals surface area contributed by atoms with Crippen LogP contribution in [0, 0.1) is 5.92 Å². The van der Waals surface area contributed by atoms with Gasteiger partial charge in [-0.2, -0.15) is 0 Å². The first-order chi connectivity index (χ1) is 13.8. The number of aromatic nitrogens is 2. The zero-order chi connectivity index (χ0) is 18.8. The molecule has 5 heteroatoms. The number of nitrogens with one attached hydrogen (secondary N) is 1. The maximum absolute atomic E-state index is 5.60. The van der Waals surface area contributed by atoms with Gasteiger partial charge in [-0.1, -0.05) is 30.3 Å². The van der Waals surface area contributed by atoms with E-state index in [1.807, 2.05) is 0 Å². The van der Waals surface area contributed by atoms with E-state index in [2.05, 4.69) is 64.6 Å². The van der Waals surface area contributed by atoms with E-state index in [4.69, 9.17) is 9.72 Å². The van der Waals surface area contributed by atoms with Gasteiger partial charge in [0.2, 0.25) is 0 Å². The Labute approximate surface area is 178 Å². The number of benzene rings is 2. The van der Waals surface area contributed by atoms with Gasteiger partial charge in [0.25, 0.3) is 0 Å². The number of ether oxygens (including phenoxy) is 1. The molecule has 1 aromatic heterocycles. The number of fused-ring (bicyclic) bond motifs is 1. The maximum Gasteiger partial charge on any atom is 0.137 e. The molecule has 0 saturated carbocycles. The number of imidazole rings is 1. The molecule has 2 aliphatic rings. The van der Waals surface area contributed by atoms with Crippen molar-refractivity contribution < 1.29 is 4.74 Å². The Balaban J connectivity index is 0.00000205. The first kappa shape index (κ1) is 20.0. The second kappa shape index (κ2) is 9.02. The molecule has 2 aromatic carbocycles. The van der Waals surface area contributed by atoms with Crippen LogP contribution in [0.3, 0.4) is 0 Å². The van der Waals surface area contributed by atoms with E-state index < -0.39 is 0 Å². The fraction of sp³-hybridized carbons (Fsp3) is 0.375. The summed E-state index contributed by atoms with van der Waals surface area (Å²) in [6.45, 7) is 4.05. The lowest BCUT2D eigenvalue weighted by Crippen LogP contribution is -2.33. The highest BCUT2D eigenvalue weighted by Crippen LogP contribution is 2.29. The van der Waals surface area contributed by atoms with Crippen LogP contribution in [-0.4, -0.2) is 34.6 Å². The normalized spacial score (nSPS) is 16.8. The third-order valence-electron chi connectivity index (χ3n) is 6.05. The summed E-state index contributed by atoms with van der Waals surface area (Å²) in [4.78, 5) is 10.8. The molecule has 5 rings (SSSR count). The van der Waals surface area contributed by atoms with E-state index >= 15 is 0 Å². The third-order valence-corrected chi connectivity index (χ3v) is 6.05. The molecular weight excluding hydrogens is 382 g/mol. The number of piperidine rings is 1. The molecule has 29 heavy (non-hydrogen) atoms. The molecule has 3 aromatic rings. The molecule has 1 N–H and O–H groups in total. The smallest absolute Gasteiger partial charge is 0.137 e. The van der Waals surface area contributed by atoms with Gasteiger partial charge in [-0.05, 0) is 67.6 Å². The Morgan fingerprint density at radius 2 is 1.90 bits per heavy atom. The molecule has 1 fully saturated rings. The Kier molecular flexibility index (Phi) is 6.22. The van der Waals surface area contributed by atoms with Gasteiger partial charge in [0.05, 0.1) is 12.3 Å². The summed E-state index contributed by atoms with van der Waals surface area (Å²) in [5.41, 5.74) is 5.04. The van der Waals surface area contributed by atoms with E-state index in [0.29, 0.717) is 0 Å². The van der Waals surface area contributed by atoms with Gasteiger partial charge in [-0.15, -0.1) is 12.4 Å². The number of halogens is 1. The van der Waals surface area contributed by atoms with E-state index in [9.17, 15) is 0 Å². The summed E-state index contributed by atoms with van der Waals surface area (Å²) < 4.78 is 5.60. The zero-order valence-electron chi connectivity index (χ0n) is 16.6. The summed E-state index contributed by atoms with van der Waals surface area (Å²) in [6, 6.07) is 17.3. The largest absolute Gasteiger partial charge is 0.493 e. The average Bonchev–Trinajstić information content (AvgIpc) is 3.39. The van der Waals surface area contributed by atoms with Crippen LogP contribution in [0.15, 0.2) is 54.7 Å². The Morgan fingerprint density at radius 3 is 2.72 bits per heavy atom. The van der Waals surface area contributed by atoms with E-state index in [1.54, 1.807) is 0 Å². The van der Waals surface area contributed by atoms with Crippen LogP contribution in [-0.2, 0) is 19.4 Å². The van der Waals surface area contributed by atoms with Crippen molar-refractivity contribution >= 4 is 12.4 Å². The highest BCUT2D eigenvalue weighted by atomic mass is 35.5. The molecule has 0 radical (unpaired) electrons. The average molecular weight is 410 g/mol. The number of hydrogen-bond donors (Lipinski definition) is 1. The second-order valence-corrected chi connectivity index (χ2v) is 8.07. The van der Waals surface area contributed by atoms with Gasteiger partial charge in [0.15, 0.2) is 0 Å². The van der Waals surface area contributed by atoms with Crippen molar-refractivity contribution in [2.24, 2.45) is 5.92 Å². The monoisotopic (exact) mass is 409 g/mol. The number of rotatable bonds is 5. The molecule has 0 atom stereocenters. The van der Waals surface area contributed by atoms with Gasteiger partial charge in [-0.3, -0.25) is 4.90 Å². The molecule has 3 heterocycles. The lowest BCUT2D eigenvalue weighted by molar-refractivity contribution is 0.175. The molecule has 0 spiro atoms. The molecule has 0 bridgehead atoms. The van der Waals surface area contributed by atoms with Crippen molar-refractivity contribution in [3.8, 4) is 17.1 Å². The van der Waals surface area contributed by atoms with Gasteiger partial charge >= 0.3 is 0 Å². The Bertz CT molecular complexity index is 932. The number of aromatic amines is 1. The van der Waals surface area contributed by atoms with E-state index in [-0.39, 0.29) is 12.4 Å². The van der Waals surface area contributed by atoms with Crippen LogP contribution in [0.1, 0.15) is 29.7 Å². The maximum atomic E-state index is 5.60. The van der Waals surface area contributed by atoms with Crippen molar-refractivity contribution in [1.29, 1.82) is 0 Å². The lowest BCUT2D eigenvalue weighted by atomic mass is 9.90. The fourth-order valence-electron chi connectivity index (χ4n) is 4.45. The summed E-state index contributed by atoms with van der Waals surface area (Å²) in [6.07, 6.45) is 6.82. The van der Waals surface area contributed by atoms with Gasteiger partial charge < -0.3 is 9.72 Å². The number of likely N-dealkylation sites (tertiary alicyclic amines) is 1. The first-order valence-corrected chi connectivity index (χ1v) is 10.4. The zero-order valence-corrected chi connectivity index (χ0v) is 17.5. The third kappa shape index (κ3) is 4.65. The van der Waals surface area contributed by atoms with Crippen LogP contribution in [0.4, 0.5) is 0 Å². The van der Waals surface area contributed by atoms with Crippen molar-refractivity contribution in [2.75, 3.05) is 19.7 Å². The topological polar surface area (TPSA) is 41.2 Å². The van der Waals surface area contributed by atoms with Crippen molar-refractivity contribution in [3.63, 3.8) is 0 Å². The molecule has 152 valence electrons. The number of nitrogens with zero attached hydrogens (tertiary/aromatic N) is 2. The summed E-state index contributed by atoms with van der Waals surface area (Å²) in [7, 11) is 0. The van der Waals surface area contributed by atoms with Crippen LogP contribution < -0.4 is 4.74 Å². The van der Waals surface area contributed by atoms with Gasteiger partial charge in [0.1, 0.15) is 11.6 Å². The van der Waals surface area contributed by atoms with Crippen molar-refractivity contribution in [2.45, 2.75) is 32.2 Å². The van der Waals surface area contributed by atoms with Crippen LogP contribution >= 0.6 is 12.4 Å². The molecule has 1 saturated heterocycles. The van der Waals surface area contributed by atoms with Crippen molar-refractivity contribution in [3.05, 3.63) is 71.5 Å². The molecule has 4 nitrogen and oxygen atoms in total. The summed E-state index contributed by atoms with van der Waals surface area (Å²) >= 11 is 0. The fourth-order valence-corrected chi connectivity index (χ4v) is 4.45.